The van der Waals surface area contributed by atoms with E-state index in [1.165, 1.54) is 17.3 Å². The van der Waals surface area contributed by atoms with E-state index in [2.05, 4.69) is 26.8 Å². The summed E-state index contributed by atoms with van der Waals surface area (Å²) in [5, 5.41) is 38.0. The van der Waals surface area contributed by atoms with Crippen molar-refractivity contribution in [2.24, 2.45) is 0 Å². The maximum absolute atomic E-state index is 12.3. The molecule has 0 aliphatic heterocycles. The smallest absolute Gasteiger partial charge is 0.426 e. The molecule has 0 spiro atoms. The molecule has 1 atom stereocenters. The van der Waals surface area contributed by atoms with Crippen LogP contribution < -0.4 is 10.6 Å². The molecule has 2 amide bonds. The van der Waals surface area contributed by atoms with Crippen LogP contribution in [0.5, 0.6) is 0 Å². The van der Waals surface area contributed by atoms with Gasteiger partial charge in [0.15, 0.2) is 0 Å². The molecule has 0 saturated heterocycles. The summed E-state index contributed by atoms with van der Waals surface area (Å²) in [6.07, 6.45) is 5.38. The summed E-state index contributed by atoms with van der Waals surface area (Å²) < 4.78 is 1.39. The van der Waals surface area contributed by atoms with Crippen LogP contribution in [0.4, 0.5) is 4.79 Å². The Labute approximate surface area is 192 Å². The van der Waals surface area contributed by atoms with E-state index in [1.807, 2.05) is 55.5 Å². The third-order valence-corrected chi connectivity index (χ3v) is 4.99. The van der Waals surface area contributed by atoms with E-state index in [-0.39, 0.29) is 0 Å². The lowest BCUT2D eigenvalue weighted by Crippen LogP contribution is -2.51. The van der Waals surface area contributed by atoms with E-state index in [0.717, 1.165) is 22.3 Å². The number of allylic oxidation sites excluding steroid dienone is 1. The fourth-order valence-corrected chi connectivity index (χ4v) is 3.23. The molecule has 0 aliphatic carbocycles. The van der Waals surface area contributed by atoms with Gasteiger partial charge < -0.3 is 20.7 Å². The lowest BCUT2D eigenvalue weighted by atomic mass is 9.76. The minimum absolute atomic E-state index is 0.298. The molecule has 1 aromatic heterocycles. The molecule has 0 bridgehead atoms. The van der Waals surface area contributed by atoms with Crippen molar-refractivity contribution >= 4 is 24.9 Å². The van der Waals surface area contributed by atoms with E-state index in [4.69, 9.17) is 0 Å². The Balaban J connectivity index is 1.53. The molecule has 2 aromatic carbocycles. The Bertz CT molecular complexity index is 1120. The summed E-state index contributed by atoms with van der Waals surface area (Å²) in [4.78, 5) is 16.1. The summed E-state index contributed by atoms with van der Waals surface area (Å²) in [6, 6.07) is 16.9. The zero-order valence-corrected chi connectivity index (χ0v) is 18.2. The van der Waals surface area contributed by atoms with Crippen molar-refractivity contribution < 1.29 is 14.8 Å². The van der Waals surface area contributed by atoms with Gasteiger partial charge in [-0.25, -0.2) is 14.5 Å². The molecule has 1 heterocycles. The van der Waals surface area contributed by atoms with E-state index < -0.39 is 19.1 Å². The van der Waals surface area contributed by atoms with E-state index in [1.54, 1.807) is 6.08 Å². The summed E-state index contributed by atoms with van der Waals surface area (Å²) in [5.41, 5.74) is 4.13. The van der Waals surface area contributed by atoms with Gasteiger partial charge in [0.25, 0.3) is 0 Å². The van der Waals surface area contributed by atoms with Crippen LogP contribution in [0.1, 0.15) is 22.3 Å². The topological polar surface area (TPSA) is 136 Å². The molecular weight excluding hydrogens is 419 g/mol. The molecule has 0 unspecified atom stereocenters. The molecular formula is C23H25BN6O3. The number of amides is 2. The Hall–Kier alpha value is -3.94. The van der Waals surface area contributed by atoms with Gasteiger partial charge >= 0.3 is 13.1 Å². The number of nitrogens with one attached hydrogen (secondary N) is 2. The zero-order chi connectivity index (χ0) is 23.6. The van der Waals surface area contributed by atoms with Crippen molar-refractivity contribution in [2.75, 3.05) is 6.54 Å². The van der Waals surface area contributed by atoms with Gasteiger partial charge in [-0.05, 0) is 42.5 Å². The zero-order valence-electron chi connectivity index (χ0n) is 18.2. The Morgan fingerprint density at radius 2 is 2.03 bits per heavy atom. The SMILES string of the molecule is Cc1ccc(C[C@H](NC(=O)NCCc2cccc(C=C(C#N)n3cncn3)c2)B(O)O)cc1. The number of urea groups is 1. The molecule has 0 saturated carbocycles. The van der Waals surface area contributed by atoms with Crippen LogP contribution in [-0.4, -0.2) is 50.4 Å². The first-order valence-electron chi connectivity index (χ1n) is 10.5. The molecule has 3 rings (SSSR count). The number of aryl methyl sites for hydroxylation is 1. The van der Waals surface area contributed by atoms with E-state index in [0.29, 0.717) is 25.1 Å². The molecule has 0 fully saturated rings. The number of carbonyl (C=O) groups excluding carboxylic acids is 1. The maximum atomic E-state index is 12.3. The molecule has 4 N–H and O–H groups in total. The molecule has 9 nitrogen and oxygen atoms in total. The highest BCUT2D eigenvalue weighted by atomic mass is 16.4. The number of nitriles is 1. The van der Waals surface area contributed by atoms with Gasteiger partial charge in [0.2, 0.25) is 0 Å². The van der Waals surface area contributed by atoms with Crippen LogP contribution >= 0.6 is 0 Å². The second-order valence-electron chi connectivity index (χ2n) is 7.59. The van der Waals surface area contributed by atoms with Gasteiger partial charge in [0, 0.05) is 6.54 Å². The van der Waals surface area contributed by atoms with Crippen molar-refractivity contribution in [3.63, 3.8) is 0 Å². The minimum Gasteiger partial charge on any atom is -0.426 e. The average molecular weight is 444 g/mol. The van der Waals surface area contributed by atoms with E-state index >= 15 is 0 Å². The summed E-state index contributed by atoms with van der Waals surface area (Å²) in [7, 11) is -1.68. The monoisotopic (exact) mass is 444 g/mol. The molecule has 0 aliphatic rings. The lowest BCUT2D eigenvalue weighted by molar-refractivity contribution is 0.237. The van der Waals surface area contributed by atoms with Crippen LogP contribution in [0.15, 0.2) is 61.2 Å². The Morgan fingerprint density at radius 3 is 2.70 bits per heavy atom. The highest BCUT2D eigenvalue weighted by Crippen LogP contribution is 2.12. The van der Waals surface area contributed by atoms with E-state index in [9.17, 15) is 20.1 Å². The summed E-state index contributed by atoms with van der Waals surface area (Å²) >= 11 is 0. The summed E-state index contributed by atoms with van der Waals surface area (Å²) in [6.45, 7) is 2.32. The summed E-state index contributed by atoms with van der Waals surface area (Å²) in [5.74, 6) is -0.831. The molecule has 3 aromatic rings. The predicted molar refractivity (Wildman–Crippen MR) is 125 cm³/mol. The first kappa shape index (κ1) is 23.7. The number of rotatable bonds is 9. The van der Waals surface area contributed by atoms with Gasteiger partial charge in [0.05, 0.1) is 5.94 Å². The fourth-order valence-electron chi connectivity index (χ4n) is 3.23. The predicted octanol–water partition coefficient (Wildman–Crippen LogP) is 1.57. The van der Waals surface area contributed by atoms with Gasteiger partial charge in [-0.15, -0.1) is 0 Å². The lowest BCUT2D eigenvalue weighted by Gasteiger charge is -2.18. The van der Waals surface area contributed by atoms with Crippen molar-refractivity contribution in [3.8, 4) is 6.07 Å². The van der Waals surface area contributed by atoms with Crippen molar-refractivity contribution in [1.29, 1.82) is 5.26 Å². The molecule has 168 valence electrons. The third-order valence-electron chi connectivity index (χ3n) is 4.99. The Morgan fingerprint density at radius 1 is 1.24 bits per heavy atom. The second-order valence-corrected chi connectivity index (χ2v) is 7.59. The van der Waals surface area contributed by atoms with Crippen LogP contribution in [0.2, 0.25) is 0 Å². The van der Waals surface area contributed by atoms with Crippen LogP contribution in [-0.2, 0) is 12.8 Å². The molecule has 33 heavy (non-hydrogen) atoms. The van der Waals surface area contributed by atoms with Crippen LogP contribution in [0.25, 0.3) is 11.8 Å². The average Bonchev–Trinajstić information content (AvgIpc) is 3.33. The van der Waals surface area contributed by atoms with Gasteiger partial charge in [-0.3, -0.25) is 0 Å². The number of nitrogens with zero attached hydrogens (tertiary/aromatic N) is 4. The second kappa shape index (κ2) is 11.6. The van der Waals surface area contributed by atoms with Gasteiger partial charge in [-0.2, -0.15) is 10.4 Å². The van der Waals surface area contributed by atoms with Gasteiger partial charge in [-0.1, -0.05) is 54.1 Å². The largest absolute Gasteiger partial charge is 0.475 e. The highest BCUT2D eigenvalue weighted by Gasteiger charge is 2.25. The number of benzene rings is 2. The number of aromatic nitrogens is 3. The minimum atomic E-state index is -1.68. The Kier molecular flexibility index (Phi) is 8.35. The fraction of sp³-hybridized carbons (Fsp3) is 0.217. The molecule has 10 heteroatoms. The van der Waals surface area contributed by atoms with Crippen molar-refractivity contribution in [2.45, 2.75) is 25.7 Å². The molecule has 0 radical (unpaired) electrons. The highest BCUT2D eigenvalue weighted by molar-refractivity contribution is 6.43. The number of hydrogen-bond donors (Lipinski definition) is 4. The number of carbonyl (C=O) groups is 1. The van der Waals surface area contributed by atoms with Crippen LogP contribution in [0, 0.1) is 18.3 Å². The number of hydrogen-bond acceptors (Lipinski definition) is 6. The standard InChI is InChI=1S/C23H25BN6O3/c1-17-5-7-19(8-6-17)13-22(24(32)33)29-23(31)27-10-9-18-3-2-4-20(11-18)12-21(14-25)30-16-26-15-28-30/h2-8,11-12,15-16,22,32-33H,9-10,13H2,1H3,(H2,27,29,31)/t22-/m0/s1. The normalized spacial score (nSPS) is 12.0. The quantitative estimate of drug-likeness (QED) is 0.292. The van der Waals surface area contributed by atoms with Crippen LogP contribution in [0.3, 0.4) is 0 Å². The van der Waals surface area contributed by atoms with Crippen molar-refractivity contribution in [3.05, 3.63) is 83.4 Å². The maximum Gasteiger partial charge on any atom is 0.475 e. The van der Waals surface area contributed by atoms with Crippen molar-refractivity contribution in [1.82, 2.24) is 25.4 Å². The third kappa shape index (κ3) is 7.31. The first-order valence-corrected chi connectivity index (χ1v) is 10.5. The first-order chi connectivity index (χ1) is 15.9. The van der Waals surface area contributed by atoms with Gasteiger partial charge in [0.1, 0.15) is 24.4 Å².